The second kappa shape index (κ2) is 10.9. The molecule has 3 heterocycles. The highest BCUT2D eigenvalue weighted by Crippen LogP contribution is 2.34. The van der Waals surface area contributed by atoms with Crippen LogP contribution in [0.25, 0.3) is 0 Å². The van der Waals surface area contributed by atoms with E-state index in [2.05, 4.69) is 9.88 Å². The number of aryl methyl sites for hydroxylation is 1. The van der Waals surface area contributed by atoms with E-state index in [1.807, 2.05) is 30.3 Å². The molecule has 1 N–H and O–H groups in total. The van der Waals surface area contributed by atoms with Crippen molar-refractivity contribution in [1.29, 1.82) is 0 Å². The number of amides is 1. The van der Waals surface area contributed by atoms with E-state index in [1.165, 1.54) is 0 Å². The number of rotatable bonds is 6. The quantitative estimate of drug-likeness (QED) is 0.558. The Hall–Kier alpha value is -3.36. The third kappa shape index (κ3) is 5.49. The third-order valence-corrected chi connectivity index (χ3v) is 6.49. The second-order valence-corrected chi connectivity index (χ2v) is 8.91. The van der Waals surface area contributed by atoms with Crippen molar-refractivity contribution >= 4 is 17.7 Å². The van der Waals surface area contributed by atoms with Crippen molar-refractivity contribution in [3.8, 4) is 5.75 Å². The first-order valence-corrected chi connectivity index (χ1v) is 12.0. The molecule has 1 aliphatic heterocycles. The number of aromatic hydroxyl groups is 1. The highest BCUT2D eigenvalue weighted by molar-refractivity contribution is 6.30. The molecule has 0 radical (unpaired) electrons. The Labute approximate surface area is 209 Å². The number of nitrogens with zero attached hydrogens (tertiary/aromatic N) is 4. The summed E-state index contributed by atoms with van der Waals surface area (Å²) in [4.78, 5) is 34.1. The van der Waals surface area contributed by atoms with Gasteiger partial charge < -0.3 is 19.3 Å². The van der Waals surface area contributed by atoms with Crippen LogP contribution in [0.15, 0.2) is 59.5 Å². The minimum atomic E-state index is -0.514. The molecule has 8 nitrogen and oxygen atoms in total. The lowest BCUT2D eigenvalue weighted by Gasteiger charge is -2.39. The van der Waals surface area contributed by atoms with Gasteiger partial charge in [0.25, 0.3) is 5.56 Å². The van der Waals surface area contributed by atoms with E-state index >= 15 is 0 Å². The zero-order valence-electron chi connectivity index (χ0n) is 19.9. The molecule has 35 heavy (non-hydrogen) atoms. The molecule has 0 spiro atoms. The minimum absolute atomic E-state index is 0.0578. The standard InChI is InChI=1S/C26H29ClN4O4/c1-3-35-26(34)30-14-12-29(13-15-30)24(19-7-9-20(27)10-8-19)23-22(32)16-18(2)31(25(23)33)17-21-6-4-5-11-28-21/h4-11,16,24,32H,3,12-15,17H2,1-2H3/t24-/m0/s1. The van der Waals surface area contributed by atoms with E-state index in [0.29, 0.717) is 55.6 Å². The molecule has 1 fully saturated rings. The van der Waals surface area contributed by atoms with Crippen LogP contribution in [-0.2, 0) is 11.3 Å². The van der Waals surface area contributed by atoms with Crippen LogP contribution in [0.1, 0.15) is 35.5 Å². The minimum Gasteiger partial charge on any atom is -0.507 e. The number of carbonyl (C=O) groups excluding carboxylic acids is 1. The summed E-state index contributed by atoms with van der Waals surface area (Å²) in [5.74, 6) is -0.0578. The predicted octanol–water partition coefficient (Wildman–Crippen LogP) is 3.82. The first-order valence-electron chi connectivity index (χ1n) is 11.6. The molecule has 1 saturated heterocycles. The molecule has 2 aromatic heterocycles. The number of pyridine rings is 2. The number of carbonyl (C=O) groups is 1. The van der Waals surface area contributed by atoms with Crippen molar-refractivity contribution in [1.82, 2.24) is 19.4 Å². The highest BCUT2D eigenvalue weighted by Gasteiger charge is 2.32. The fourth-order valence-corrected chi connectivity index (χ4v) is 4.58. The zero-order chi connectivity index (χ0) is 24.9. The topological polar surface area (TPSA) is 87.9 Å². The lowest BCUT2D eigenvalue weighted by Crippen LogP contribution is -2.50. The summed E-state index contributed by atoms with van der Waals surface area (Å²) in [5, 5.41) is 11.6. The molecule has 1 aromatic carbocycles. The Morgan fingerprint density at radius 2 is 1.86 bits per heavy atom. The molecule has 1 aliphatic rings. The summed E-state index contributed by atoms with van der Waals surface area (Å²) < 4.78 is 6.77. The molecule has 0 bridgehead atoms. The van der Waals surface area contributed by atoms with Gasteiger partial charge in [0, 0.05) is 43.1 Å². The predicted molar refractivity (Wildman–Crippen MR) is 134 cm³/mol. The van der Waals surface area contributed by atoms with Gasteiger partial charge in [-0.2, -0.15) is 0 Å². The van der Waals surface area contributed by atoms with Gasteiger partial charge in [-0.1, -0.05) is 29.8 Å². The van der Waals surface area contributed by atoms with E-state index in [0.717, 1.165) is 11.3 Å². The summed E-state index contributed by atoms with van der Waals surface area (Å²) in [5.41, 5.74) is 2.24. The molecule has 3 aromatic rings. The van der Waals surface area contributed by atoms with Crippen molar-refractivity contribution in [3.05, 3.63) is 92.6 Å². The molecule has 0 saturated carbocycles. The SMILES string of the molecule is CCOC(=O)N1CCN([C@@H](c2ccc(Cl)cc2)c2c(O)cc(C)n(Cc3ccccn3)c2=O)CC1. The molecule has 0 unspecified atom stereocenters. The average molecular weight is 497 g/mol. The fourth-order valence-electron chi connectivity index (χ4n) is 4.46. The maximum atomic E-state index is 13.8. The van der Waals surface area contributed by atoms with E-state index in [-0.39, 0.29) is 17.4 Å². The molecule has 184 valence electrons. The smallest absolute Gasteiger partial charge is 0.409 e. The van der Waals surface area contributed by atoms with E-state index in [4.69, 9.17) is 16.3 Å². The van der Waals surface area contributed by atoms with E-state index in [9.17, 15) is 14.7 Å². The number of halogens is 1. The summed E-state index contributed by atoms with van der Waals surface area (Å²) in [6.45, 7) is 6.12. The molecule has 1 amide bonds. The normalized spacial score (nSPS) is 15.1. The van der Waals surface area contributed by atoms with Crippen molar-refractivity contribution in [2.24, 2.45) is 0 Å². The van der Waals surface area contributed by atoms with Crippen molar-refractivity contribution in [2.45, 2.75) is 26.4 Å². The van der Waals surface area contributed by atoms with Crippen LogP contribution >= 0.6 is 11.6 Å². The average Bonchev–Trinajstić information content (AvgIpc) is 2.86. The van der Waals surface area contributed by atoms with Crippen LogP contribution < -0.4 is 5.56 Å². The maximum absolute atomic E-state index is 13.8. The van der Waals surface area contributed by atoms with Gasteiger partial charge in [-0.3, -0.25) is 14.7 Å². The van der Waals surface area contributed by atoms with Gasteiger partial charge in [0.2, 0.25) is 0 Å². The van der Waals surface area contributed by atoms with Gasteiger partial charge in [0.05, 0.1) is 30.5 Å². The Kier molecular flexibility index (Phi) is 7.73. The van der Waals surface area contributed by atoms with Gasteiger partial charge in [-0.25, -0.2) is 4.79 Å². The third-order valence-electron chi connectivity index (χ3n) is 6.23. The number of piperazine rings is 1. The number of ether oxygens (including phenoxy) is 1. The molecular formula is C26H29ClN4O4. The summed E-state index contributed by atoms with van der Waals surface area (Å²) in [6.07, 6.45) is 1.35. The molecule has 0 aliphatic carbocycles. The largest absolute Gasteiger partial charge is 0.507 e. The van der Waals surface area contributed by atoms with Crippen LogP contribution in [0.2, 0.25) is 5.02 Å². The van der Waals surface area contributed by atoms with E-state index in [1.54, 1.807) is 47.7 Å². The lowest BCUT2D eigenvalue weighted by molar-refractivity contribution is 0.0709. The van der Waals surface area contributed by atoms with Gasteiger partial charge in [-0.15, -0.1) is 0 Å². The summed E-state index contributed by atoms with van der Waals surface area (Å²) in [7, 11) is 0. The Balaban J connectivity index is 1.74. The van der Waals surface area contributed by atoms with Crippen LogP contribution in [0, 0.1) is 6.92 Å². The van der Waals surface area contributed by atoms with Gasteiger partial charge in [-0.05, 0) is 49.7 Å². The molecule has 1 atom stereocenters. The lowest BCUT2D eigenvalue weighted by atomic mass is 9.96. The first kappa shape index (κ1) is 24.8. The summed E-state index contributed by atoms with van der Waals surface area (Å²) >= 11 is 6.14. The maximum Gasteiger partial charge on any atom is 0.409 e. The van der Waals surface area contributed by atoms with Crippen LogP contribution in [0.3, 0.4) is 0 Å². The van der Waals surface area contributed by atoms with Gasteiger partial charge in [0.1, 0.15) is 5.75 Å². The second-order valence-electron chi connectivity index (χ2n) is 8.47. The number of aromatic nitrogens is 2. The Morgan fingerprint density at radius 3 is 2.49 bits per heavy atom. The molecule has 9 heteroatoms. The number of hydrogen-bond acceptors (Lipinski definition) is 6. The van der Waals surface area contributed by atoms with Crippen LogP contribution in [-0.4, -0.2) is 63.3 Å². The van der Waals surface area contributed by atoms with Crippen molar-refractivity contribution < 1.29 is 14.6 Å². The van der Waals surface area contributed by atoms with E-state index < -0.39 is 6.04 Å². The zero-order valence-corrected chi connectivity index (χ0v) is 20.6. The molecule has 4 rings (SSSR count). The van der Waals surface area contributed by atoms with Crippen molar-refractivity contribution in [2.75, 3.05) is 32.8 Å². The monoisotopic (exact) mass is 496 g/mol. The fraction of sp³-hybridized carbons (Fsp3) is 0.346. The van der Waals surface area contributed by atoms with Gasteiger partial charge in [0.15, 0.2) is 0 Å². The van der Waals surface area contributed by atoms with Crippen LogP contribution in [0.4, 0.5) is 4.79 Å². The van der Waals surface area contributed by atoms with Gasteiger partial charge >= 0.3 is 6.09 Å². The number of hydrogen-bond donors (Lipinski definition) is 1. The first-order chi connectivity index (χ1) is 16.9. The summed E-state index contributed by atoms with van der Waals surface area (Å²) in [6, 6.07) is 14.0. The number of benzene rings is 1. The Morgan fingerprint density at radius 1 is 1.14 bits per heavy atom. The molecular weight excluding hydrogens is 468 g/mol. The van der Waals surface area contributed by atoms with Crippen molar-refractivity contribution in [3.63, 3.8) is 0 Å². The van der Waals surface area contributed by atoms with Crippen LogP contribution in [0.5, 0.6) is 5.75 Å². The highest BCUT2D eigenvalue weighted by atomic mass is 35.5. The Bertz CT molecular complexity index is 1220.